The third kappa shape index (κ3) is 4.18. The van der Waals surface area contributed by atoms with Crippen LogP contribution in [0.25, 0.3) is 0 Å². The van der Waals surface area contributed by atoms with E-state index < -0.39 is 0 Å². The van der Waals surface area contributed by atoms with E-state index in [1.165, 1.54) is 56.1 Å². The summed E-state index contributed by atoms with van der Waals surface area (Å²) >= 11 is 0. The Labute approximate surface area is 278 Å². The van der Waals surface area contributed by atoms with Gasteiger partial charge in [-0.05, 0) is 67.2 Å². The van der Waals surface area contributed by atoms with Crippen molar-refractivity contribution in [2.24, 2.45) is 17.3 Å². The van der Waals surface area contributed by atoms with Crippen molar-refractivity contribution in [1.29, 1.82) is 0 Å². The van der Waals surface area contributed by atoms with E-state index in [-0.39, 0.29) is 17.1 Å². The zero-order valence-electron chi connectivity index (χ0n) is 27.5. The van der Waals surface area contributed by atoms with E-state index in [2.05, 4.69) is 164 Å². The van der Waals surface area contributed by atoms with E-state index in [1.54, 1.807) is 0 Å². The van der Waals surface area contributed by atoms with Gasteiger partial charge >= 0.3 is 11.9 Å². The standard InChI is InChI=1S/C43H40N4/c1-28-12-10-11-17-38(28)47-41(31-15-8-5-9-16-31)46-43(47,3)33-20-18-30(19-21-33)37-27-45-40-35(37)25-23-32-22-24-34-36(29-13-6-4-7-14-29)26-44-39(34)42(32,40)2/h5-6,8-20,22-28,33,38-39H,4,7,21H2,1-3H3/p+3. The third-order valence-electron chi connectivity index (χ3n) is 11.8. The topological polar surface area (TPSA) is 45.8 Å². The summed E-state index contributed by atoms with van der Waals surface area (Å²) in [6, 6.07) is 11.4. The van der Waals surface area contributed by atoms with Gasteiger partial charge in [-0.2, -0.15) is 0 Å². The molecule has 8 aliphatic rings. The molecule has 3 N–H and O–H groups in total. The molecule has 9 rings (SSSR count). The van der Waals surface area contributed by atoms with Crippen LogP contribution in [0.2, 0.25) is 0 Å². The summed E-state index contributed by atoms with van der Waals surface area (Å²) in [5.74, 6) is 1.99. The molecule has 0 saturated heterocycles. The largest absolute Gasteiger partial charge is 0.328 e. The van der Waals surface area contributed by atoms with Crippen LogP contribution in [-0.4, -0.2) is 40.1 Å². The van der Waals surface area contributed by atoms with Gasteiger partial charge in [0.25, 0.3) is 5.84 Å². The molecule has 6 unspecified atom stereocenters. The quantitative estimate of drug-likeness (QED) is 0.318. The number of nitrogens with zero attached hydrogens (tertiary/aromatic N) is 2. The van der Waals surface area contributed by atoms with E-state index in [9.17, 15) is 0 Å². The summed E-state index contributed by atoms with van der Waals surface area (Å²) in [7, 11) is 0. The Morgan fingerprint density at radius 2 is 1.77 bits per heavy atom. The molecular weight excluding hydrogens is 573 g/mol. The number of rotatable bonds is 5. The van der Waals surface area contributed by atoms with Crippen molar-refractivity contribution in [3.05, 3.63) is 166 Å². The lowest BCUT2D eigenvalue weighted by atomic mass is 9.62. The van der Waals surface area contributed by atoms with Gasteiger partial charge < -0.3 is 5.32 Å². The first-order valence-electron chi connectivity index (χ1n) is 17.4. The second-order valence-corrected chi connectivity index (χ2v) is 14.4. The van der Waals surface area contributed by atoms with Crippen molar-refractivity contribution in [3.8, 4) is 0 Å². The summed E-state index contributed by atoms with van der Waals surface area (Å²) in [4.78, 5) is 0. The summed E-state index contributed by atoms with van der Waals surface area (Å²) < 4.78 is 7.84. The number of amidine groups is 1. The van der Waals surface area contributed by atoms with Crippen LogP contribution in [0.15, 0.2) is 161 Å². The van der Waals surface area contributed by atoms with Crippen LogP contribution in [0, 0.1) is 17.3 Å². The Morgan fingerprint density at radius 3 is 2.55 bits per heavy atom. The van der Waals surface area contributed by atoms with Crippen LogP contribution >= 0.6 is 0 Å². The van der Waals surface area contributed by atoms with Gasteiger partial charge in [-0.3, -0.25) is 0 Å². The third-order valence-corrected chi connectivity index (χ3v) is 11.8. The van der Waals surface area contributed by atoms with Crippen LogP contribution < -0.4 is 15.3 Å². The number of fused-ring (bicyclic) bond motifs is 5. The van der Waals surface area contributed by atoms with Gasteiger partial charge in [-0.15, -0.1) is 0 Å². The lowest BCUT2D eigenvalue weighted by molar-refractivity contribution is -0.673. The highest BCUT2D eigenvalue weighted by atomic mass is 15.4. The van der Waals surface area contributed by atoms with E-state index in [0.717, 1.165) is 19.3 Å². The number of allylic oxidation sites excluding steroid dienone is 15. The van der Waals surface area contributed by atoms with E-state index in [0.29, 0.717) is 17.9 Å². The van der Waals surface area contributed by atoms with Crippen LogP contribution in [0.4, 0.5) is 0 Å². The molecule has 232 valence electrons. The molecule has 0 radical (unpaired) electrons. The Morgan fingerprint density at radius 1 is 0.894 bits per heavy atom. The number of hydrogen-bond donors (Lipinski definition) is 2. The normalized spacial score (nSPS) is 34.4. The molecule has 4 nitrogen and oxygen atoms in total. The molecule has 3 aliphatic heterocycles. The first-order valence-corrected chi connectivity index (χ1v) is 17.4. The molecule has 3 heterocycles. The van der Waals surface area contributed by atoms with Gasteiger partial charge in [-0.1, -0.05) is 103 Å². The molecule has 0 spiro atoms. The van der Waals surface area contributed by atoms with Crippen LogP contribution in [-0.2, 0) is 0 Å². The second kappa shape index (κ2) is 10.6. The van der Waals surface area contributed by atoms with E-state index in [1.807, 2.05) is 0 Å². The molecule has 0 bridgehead atoms. The number of nitrogens with two attached hydrogens (primary N) is 1. The van der Waals surface area contributed by atoms with Gasteiger partial charge in [0.15, 0.2) is 5.41 Å². The van der Waals surface area contributed by atoms with Crippen molar-refractivity contribution < 1.29 is 9.89 Å². The fraction of sp³-hybridized carbons (Fsp3) is 0.279. The van der Waals surface area contributed by atoms with E-state index in [4.69, 9.17) is 4.67 Å². The molecule has 4 heteroatoms. The number of hydrogen-bond acceptors (Lipinski definition) is 1. The summed E-state index contributed by atoms with van der Waals surface area (Å²) in [6.07, 6.45) is 40.4. The van der Waals surface area contributed by atoms with Crippen molar-refractivity contribution in [1.82, 2.24) is 9.98 Å². The second-order valence-electron chi connectivity index (χ2n) is 14.4. The highest BCUT2D eigenvalue weighted by molar-refractivity contribution is 6.19. The molecule has 0 saturated carbocycles. The molecule has 0 aromatic heterocycles. The first kappa shape index (κ1) is 28.5. The monoisotopic (exact) mass is 615 g/mol. The predicted molar refractivity (Wildman–Crippen MR) is 193 cm³/mol. The molecule has 1 aromatic rings. The lowest BCUT2D eigenvalue weighted by Crippen LogP contribution is -2.87. The minimum Gasteiger partial charge on any atom is -0.312 e. The highest BCUT2D eigenvalue weighted by Crippen LogP contribution is 2.48. The van der Waals surface area contributed by atoms with Crippen molar-refractivity contribution >= 4 is 17.8 Å². The minimum absolute atomic E-state index is 0.183. The van der Waals surface area contributed by atoms with Crippen LogP contribution in [0.5, 0.6) is 0 Å². The Hall–Kier alpha value is -4.76. The predicted octanol–water partition coefficient (Wildman–Crippen LogP) is 5.84. The van der Waals surface area contributed by atoms with Crippen LogP contribution in [0.1, 0.15) is 45.6 Å². The molecule has 0 amide bonds. The fourth-order valence-corrected chi connectivity index (χ4v) is 9.10. The van der Waals surface area contributed by atoms with Crippen LogP contribution in [0.3, 0.4) is 0 Å². The molecule has 0 fully saturated rings. The van der Waals surface area contributed by atoms with Crippen molar-refractivity contribution in [2.75, 3.05) is 0 Å². The van der Waals surface area contributed by atoms with Gasteiger partial charge in [0, 0.05) is 24.0 Å². The smallest absolute Gasteiger partial charge is 0.312 e. The first-order chi connectivity index (χ1) is 23.0. The summed E-state index contributed by atoms with van der Waals surface area (Å²) in [5.41, 5.74) is 11.4. The van der Waals surface area contributed by atoms with Gasteiger partial charge in [-0.25, -0.2) is 9.89 Å². The van der Waals surface area contributed by atoms with E-state index >= 15 is 0 Å². The SMILES string of the molecule is CC1C=CC=CC1[N+]1=C(c2ccccc2)NC1(C)C1C=CC(C2=C3C=CC4=CC=C5C(C6=CCCC=C6)=C[NH2+]C5C4(C)C3=[N+]=C2)=CC1. The zero-order chi connectivity index (χ0) is 31.8. The van der Waals surface area contributed by atoms with Crippen molar-refractivity contribution in [2.45, 2.75) is 57.8 Å². The summed E-state index contributed by atoms with van der Waals surface area (Å²) in [5, 5.41) is 6.37. The Bertz CT molecular complexity index is 2040. The molecule has 5 aliphatic carbocycles. The Kier molecular flexibility index (Phi) is 6.44. The Balaban J connectivity index is 0.998. The molecular formula is C43H43N4+3. The minimum atomic E-state index is -0.189. The molecule has 6 atom stereocenters. The maximum atomic E-state index is 5.20. The average Bonchev–Trinajstić information content (AvgIpc) is 3.75. The lowest BCUT2D eigenvalue weighted by Gasteiger charge is -2.46. The number of nitrogens with one attached hydrogen (secondary N) is 1. The zero-order valence-corrected chi connectivity index (χ0v) is 27.5. The maximum Gasteiger partial charge on any atom is 0.328 e. The van der Waals surface area contributed by atoms with Crippen molar-refractivity contribution in [3.63, 3.8) is 0 Å². The number of benzene rings is 1. The van der Waals surface area contributed by atoms with Gasteiger partial charge in [0.2, 0.25) is 5.66 Å². The maximum absolute atomic E-state index is 5.20. The summed E-state index contributed by atoms with van der Waals surface area (Å²) in [6.45, 7) is 7.11. The number of quaternary nitrogens is 1. The van der Waals surface area contributed by atoms with Gasteiger partial charge in [0.1, 0.15) is 18.3 Å². The molecule has 1 aromatic carbocycles. The fourth-order valence-electron chi connectivity index (χ4n) is 9.10. The highest BCUT2D eigenvalue weighted by Gasteiger charge is 2.60. The molecule has 47 heavy (non-hydrogen) atoms. The average molecular weight is 616 g/mol. The van der Waals surface area contributed by atoms with Gasteiger partial charge in [0.05, 0.1) is 22.6 Å².